The van der Waals surface area contributed by atoms with Gasteiger partial charge in [-0.15, -0.1) is 0 Å². The highest BCUT2D eigenvalue weighted by Gasteiger charge is 2.03. The highest BCUT2D eigenvalue weighted by molar-refractivity contribution is 5.85. The van der Waals surface area contributed by atoms with Crippen LogP contribution in [0, 0.1) is 0 Å². The van der Waals surface area contributed by atoms with Crippen molar-refractivity contribution < 1.29 is 24.1 Å². The number of ether oxygens (including phenoxy) is 3. The molecule has 0 spiro atoms. The number of methoxy groups -OCH3 is 1. The summed E-state index contributed by atoms with van der Waals surface area (Å²) < 4.78 is 15.5. The van der Waals surface area contributed by atoms with Gasteiger partial charge in [-0.2, -0.15) is 0 Å². The molecule has 0 bridgehead atoms. The topological polar surface area (TPSA) is 77.9 Å². The van der Waals surface area contributed by atoms with E-state index in [0.29, 0.717) is 32.2 Å². The van der Waals surface area contributed by atoms with E-state index in [4.69, 9.17) is 19.3 Å². The van der Waals surface area contributed by atoms with E-state index in [0.717, 1.165) is 6.42 Å². The Morgan fingerprint density at radius 2 is 2.11 bits per heavy atom. The zero-order valence-corrected chi connectivity index (χ0v) is 10.3. The van der Waals surface area contributed by atoms with E-state index in [9.17, 15) is 4.79 Å². The first-order valence-electron chi connectivity index (χ1n) is 5.63. The maximum absolute atomic E-state index is 10.6. The molecule has 6 heteroatoms. The number of carboxylic acid groups (broad SMARTS) is 1. The van der Waals surface area contributed by atoms with Crippen LogP contribution in [-0.2, 0) is 9.47 Å². The number of aromatic nitrogens is 1. The van der Waals surface area contributed by atoms with Crippen LogP contribution in [0.15, 0.2) is 18.3 Å². The van der Waals surface area contributed by atoms with Crippen molar-refractivity contribution in [1.82, 2.24) is 4.98 Å². The number of rotatable bonds is 9. The molecule has 0 fully saturated rings. The van der Waals surface area contributed by atoms with Crippen LogP contribution in [0.25, 0.3) is 0 Å². The Morgan fingerprint density at radius 1 is 1.28 bits per heavy atom. The second-order valence-corrected chi connectivity index (χ2v) is 3.49. The first kappa shape index (κ1) is 14.4. The first-order valence-corrected chi connectivity index (χ1v) is 5.63. The Morgan fingerprint density at radius 3 is 2.72 bits per heavy atom. The molecule has 0 aliphatic heterocycles. The third-order valence-electron chi connectivity index (χ3n) is 2.09. The maximum atomic E-state index is 10.6. The minimum atomic E-state index is -1.05. The van der Waals surface area contributed by atoms with Gasteiger partial charge in [-0.1, -0.05) is 0 Å². The zero-order valence-electron chi connectivity index (χ0n) is 10.3. The van der Waals surface area contributed by atoms with Crippen LogP contribution in [0.1, 0.15) is 16.9 Å². The van der Waals surface area contributed by atoms with E-state index in [1.54, 1.807) is 13.2 Å². The molecule has 0 unspecified atom stereocenters. The molecule has 1 heterocycles. The Kier molecular flexibility index (Phi) is 6.75. The van der Waals surface area contributed by atoms with E-state index in [1.165, 1.54) is 12.3 Å². The van der Waals surface area contributed by atoms with Crippen LogP contribution in [0.4, 0.5) is 0 Å². The van der Waals surface area contributed by atoms with Crippen molar-refractivity contribution in [2.24, 2.45) is 0 Å². The summed E-state index contributed by atoms with van der Waals surface area (Å²) >= 11 is 0. The summed E-state index contributed by atoms with van der Waals surface area (Å²) in [7, 11) is 1.63. The molecule has 0 saturated heterocycles. The van der Waals surface area contributed by atoms with Crippen molar-refractivity contribution in [3.8, 4) is 5.75 Å². The fourth-order valence-corrected chi connectivity index (χ4v) is 1.19. The fraction of sp³-hybridized carbons (Fsp3) is 0.500. The van der Waals surface area contributed by atoms with Gasteiger partial charge in [-0.05, 0) is 12.1 Å². The number of carbonyl (C=O) groups is 1. The van der Waals surface area contributed by atoms with E-state index in [-0.39, 0.29) is 5.69 Å². The number of aromatic carboxylic acids is 1. The van der Waals surface area contributed by atoms with Crippen molar-refractivity contribution in [3.05, 3.63) is 24.0 Å². The van der Waals surface area contributed by atoms with Crippen molar-refractivity contribution in [2.75, 3.05) is 33.5 Å². The molecule has 1 N–H and O–H groups in total. The van der Waals surface area contributed by atoms with Gasteiger partial charge < -0.3 is 19.3 Å². The molecule has 1 rings (SSSR count). The van der Waals surface area contributed by atoms with Gasteiger partial charge in [0.1, 0.15) is 11.4 Å². The summed E-state index contributed by atoms with van der Waals surface area (Å²) in [5.74, 6) is -0.495. The second-order valence-electron chi connectivity index (χ2n) is 3.49. The lowest BCUT2D eigenvalue weighted by Gasteiger charge is -2.06. The summed E-state index contributed by atoms with van der Waals surface area (Å²) in [4.78, 5) is 14.3. The van der Waals surface area contributed by atoms with Crippen LogP contribution in [0.3, 0.4) is 0 Å². The SMILES string of the molecule is COCCOCCCOc1ccc(C(=O)O)nc1. The lowest BCUT2D eigenvalue weighted by molar-refractivity contribution is 0.0644. The summed E-state index contributed by atoms with van der Waals surface area (Å²) in [6, 6.07) is 3.00. The largest absolute Gasteiger partial charge is 0.492 e. The lowest BCUT2D eigenvalue weighted by Crippen LogP contribution is -2.07. The molecule has 18 heavy (non-hydrogen) atoms. The second kappa shape index (κ2) is 8.43. The molecular weight excluding hydrogens is 238 g/mol. The van der Waals surface area contributed by atoms with Gasteiger partial charge in [0, 0.05) is 20.1 Å². The monoisotopic (exact) mass is 255 g/mol. The molecule has 0 atom stereocenters. The number of nitrogens with zero attached hydrogens (tertiary/aromatic N) is 1. The molecule has 1 aromatic heterocycles. The van der Waals surface area contributed by atoms with Crippen LogP contribution < -0.4 is 4.74 Å². The summed E-state index contributed by atoms with van der Waals surface area (Å²) in [6.07, 6.45) is 2.15. The quantitative estimate of drug-likeness (QED) is 0.668. The molecule has 0 aliphatic carbocycles. The van der Waals surface area contributed by atoms with Crippen LogP contribution in [0.5, 0.6) is 5.75 Å². The summed E-state index contributed by atoms with van der Waals surface area (Å²) in [5.41, 5.74) is 0.00486. The lowest BCUT2D eigenvalue weighted by atomic mass is 10.3. The average molecular weight is 255 g/mol. The van der Waals surface area contributed by atoms with Crippen LogP contribution >= 0.6 is 0 Å². The Labute approximate surface area is 106 Å². The molecule has 0 amide bonds. The number of hydrogen-bond acceptors (Lipinski definition) is 5. The van der Waals surface area contributed by atoms with E-state index < -0.39 is 5.97 Å². The molecular formula is C12H17NO5. The zero-order chi connectivity index (χ0) is 13.2. The third-order valence-corrected chi connectivity index (χ3v) is 2.09. The average Bonchev–Trinajstić information content (AvgIpc) is 2.38. The van der Waals surface area contributed by atoms with Crippen molar-refractivity contribution in [2.45, 2.75) is 6.42 Å². The van der Waals surface area contributed by atoms with Gasteiger partial charge >= 0.3 is 5.97 Å². The predicted molar refractivity (Wildman–Crippen MR) is 64.0 cm³/mol. The Bertz CT molecular complexity index is 352. The molecule has 100 valence electrons. The Balaban J connectivity index is 2.14. The van der Waals surface area contributed by atoms with Crippen LogP contribution in [-0.4, -0.2) is 49.6 Å². The minimum Gasteiger partial charge on any atom is -0.492 e. The van der Waals surface area contributed by atoms with Crippen molar-refractivity contribution in [1.29, 1.82) is 0 Å². The van der Waals surface area contributed by atoms with Gasteiger partial charge in [0.05, 0.1) is 26.0 Å². The molecule has 0 aromatic carbocycles. The van der Waals surface area contributed by atoms with Crippen molar-refractivity contribution >= 4 is 5.97 Å². The highest BCUT2D eigenvalue weighted by atomic mass is 16.5. The fourth-order valence-electron chi connectivity index (χ4n) is 1.19. The standard InChI is InChI=1S/C12H17NO5/c1-16-7-8-17-5-2-6-18-10-3-4-11(12(14)15)13-9-10/h3-4,9H,2,5-8H2,1H3,(H,14,15). The number of pyridine rings is 1. The van der Waals surface area contributed by atoms with E-state index in [1.807, 2.05) is 0 Å². The molecule has 0 radical (unpaired) electrons. The normalized spacial score (nSPS) is 10.3. The van der Waals surface area contributed by atoms with Gasteiger partial charge in [-0.3, -0.25) is 0 Å². The summed E-state index contributed by atoms with van der Waals surface area (Å²) in [6.45, 7) is 2.26. The maximum Gasteiger partial charge on any atom is 0.354 e. The van der Waals surface area contributed by atoms with Crippen molar-refractivity contribution in [3.63, 3.8) is 0 Å². The molecule has 1 aromatic rings. The van der Waals surface area contributed by atoms with Crippen LogP contribution in [0.2, 0.25) is 0 Å². The summed E-state index contributed by atoms with van der Waals surface area (Å²) in [5, 5.41) is 8.66. The molecule has 0 aliphatic rings. The third kappa shape index (κ3) is 5.60. The predicted octanol–water partition coefficient (Wildman–Crippen LogP) is 1.21. The van der Waals surface area contributed by atoms with Gasteiger partial charge in [0.2, 0.25) is 0 Å². The first-order chi connectivity index (χ1) is 8.74. The molecule has 0 saturated carbocycles. The number of hydrogen-bond donors (Lipinski definition) is 1. The van der Waals surface area contributed by atoms with E-state index >= 15 is 0 Å². The smallest absolute Gasteiger partial charge is 0.354 e. The van der Waals surface area contributed by atoms with Gasteiger partial charge in [0.25, 0.3) is 0 Å². The number of carboxylic acids is 1. The van der Waals surface area contributed by atoms with Gasteiger partial charge in [-0.25, -0.2) is 9.78 Å². The van der Waals surface area contributed by atoms with E-state index in [2.05, 4.69) is 4.98 Å². The molecule has 6 nitrogen and oxygen atoms in total. The Hall–Kier alpha value is -1.66. The van der Waals surface area contributed by atoms with Gasteiger partial charge in [0.15, 0.2) is 0 Å². The minimum absolute atomic E-state index is 0.00486. The highest BCUT2D eigenvalue weighted by Crippen LogP contribution is 2.09.